The summed E-state index contributed by atoms with van der Waals surface area (Å²) in [6, 6.07) is 33.8. The highest BCUT2D eigenvalue weighted by molar-refractivity contribution is 7.26. The van der Waals surface area contributed by atoms with Crippen LogP contribution in [0.15, 0.2) is 97.1 Å². The lowest BCUT2D eigenvalue weighted by molar-refractivity contribution is 0.477. The lowest BCUT2D eigenvalue weighted by Crippen LogP contribution is -2.11. The summed E-state index contributed by atoms with van der Waals surface area (Å²) >= 11 is 1.88. The van der Waals surface area contributed by atoms with Crippen LogP contribution in [0.2, 0.25) is 0 Å². The van der Waals surface area contributed by atoms with Crippen LogP contribution in [0, 0.1) is 0 Å². The van der Waals surface area contributed by atoms with E-state index in [0.29, 0.717) is 0 Å². The van der Waals surface area contributed by atoms with Crippen molar-refractivity contribution in [2.45, 2.75) is 52.4 Å². The summed E-state index contributed by atoms with van der Waals surface area (Å²) in [7, 11) is 0. The molecule has 0 saturated carbocycles. The van der Waals surface area contributed by atoms with Gasteiger partial charge in [-0.05, 0) is 87.7 Å². The Balaban J connectivity index is 1.54. The van der Waals surface area contributed by atoms with Crippen molar-refractivity contribution in [1.29, 1.82) is 0 Å². The summed E-state index contributed by atoms with van der Waals surface area (Å²) in [6.45, 7) is 13.7. The first kappa shape index (κ1) is 26.3. The third kappa shape index (κ3) is 4.80. The van der Waals surface area contributed by atoms with E-state index in [-0.39, 0.29) is 16.6 Å². The number of fused-ring (bicyclic) bond motifs is 3. The maximum atomic E-state index is 10.4. The number of hydrogen-bond donors (Lipinski definition) is 1. The van der Waals surface area contributed by atoms with Crippen LogP contribution in [0.4, 0.5) is 0 Å². The molecule has 0 aliphatic carbocycles. The number of para-hydroxylation sites is 1. The van der Waals surface area contributed by atoms with Gasteiger partial charge in [0.2, 0.25) is 0 Å². The Bertz CT molecular complexity index is 1880. The Morgan fingerprint density at radius 2 is 1.25 bits per heavy atom. The molecular formula is C37H35NOS. The third-order valence-corrected chi connectivity index (χ3v) is 8.92. The van der Waals surface area contributed by atoms with E-state index < -0.39 is 0 Å². The molecule has 0 atom stereocenters. The monoisotopic (exact) mass is 541 g/mol. The van der Waals surface area contributed by atoms with Crippen LogP contribution in [0.25, 0.3) is 53.8 Å². The maximum Gasteiger partial charge on any atom is 0.124 e. The van der Waals surface area contributed by atoms with E-state index in [9.17, 15) is 5.11 Å². The number of benzene rings is 4. The summed E-state index contributed by atoms with van der Waals surface area (Å²) < 4.78 is 2.64. The molecule has 0 aliphatic rings. The molecule has 0 bridgehead atoms. The van der Waals surface area contributed by atoms with Crippen molar-refractivity contribution in [2.75, 3.05) is 0 Å². The number of aromatic nitrogens is 1. The van der Waals surface area contributed by atoms with Gasteiger partial charge in [0, 0.05) is 31.3 Å². The first-order valence-corrected chi connectivity index (χ1v) is 14.7. The minimum atomic E-state index is 0.0179. The fourth-order valence-electron chi connectivity index (χ4n) is 5.27. The van der Waals surface area contributed by atoms with Gasteiger partial charge in [-0.25, -0.2) is 4.98 Å². The van der Waals surface area contributed by atoms with E-state index in [1.807, 2.05) is 47.7 Å². The normalized spacial score (nSPS) is 12.3. The molecule has 4 aromatic carbocycles. The Morgan fingerprint density at radius 3 is 2.00 bits per heavy atom. The first-order chi connectivity index (χ1) is 19.0. The van der Waals surface area contributed by atoms with E-state index in [2.05, 4.69) is 96.1 Å². The van der Waals surface area contributed by atoms with Crippen molar-refractivity contribution < 1.29 is 5.11 Å². The van der Waals surface area contributed by atoms with Gasteiger partial charge in [0.05, 0.1) is 11.4 Å². The Kier molecular flexibility index (Phi) is 6.31. The van der Waals surface area contributed by atoms with Gasteiger partial charge in [-0.1, -0.05) is 84.0 Å². The Hall–Kier alpha value is -3.95. The topological polar surface area (TPSA) is 33.1 Å². The van der Waals surface area contributed by atoms with Crippen LogP contribution in [0.3, 0.4) is 0 Å². The number of aromatic hydroxyl groups is 1. The SMILES string of the molecule is CC(C)(C)c1ccc2sc3c(-c4cccc(-c5cccc(-c6ccccc6O)n5)c4)cc(C(C)(C)C)cc3c2c1. The quantitative estimate of drug-likeness (QED) is 0.242. The van der Waals surface area contributed by atoms with Gasteiger partial charge in [-0.2, -0.15) is 0 Å². The van der Waals surface area contributed by atoms with E-state index >= 15 is 0 Å². The van der Waals surface area contributed by atoms with Gasteiger partial charge in [0.1, 0.15) is 5.75 Å². The van der Waals surface area contributed by atoms with Crippen LogP contribution < -0.4 is 0 Å². The standard InChI is InChI=1S/C37H35NOS/c1-36(2,3)25-17-18-34-29(20-25)30-22-26(37(4,5)6)21-28(35(30)40-34)23-11-9-12-24(19-23)31-14-10-15-32(38-31)27-13-7-8-16-33(27)39/h7-22,39H,1-6H3. The summed E-state index contributed by atoms with van der Waals surface area (Å²) in [5, 5.41) is 13.1. The highest BCUT2D eigenvalue weighted by atomic mass is 32.1. The number of phenolic OH excluding ortho intramolecular Hbond substituents is 1. The fourth-order valence-corrected chi connectivity index (χ4v) is 6.47. The van der Waals surface area contributed by atoms with Gasteiger partial charge in [-0.15, -0.1) is 11.3 Å². The van der Waals surface area contributed by atoms with Crippen LogP contribution in [-0.2, 0) is 10.8 Å². The molecule has 0 unspecified atom stereocenters. The predicted octanol–water partition coefficient (Wildman–Crippen LogP) is 10.8. The molecule has 200 valence electrons. The zero-order valence-corrected chi connectivity index (χ0v) is 24.9. The number of nitrogens with zero attached hydrogens (tertiary/aromatic N) is 1. The van der Waals surface area contributed by atoms with Crippen molar-refractivity contribution in [2.24, 2.45) is 0 Å². The average molecular weight is 542 g/mol. The molecule has 0 fully saturated rings. The van der Waals surface area contributed by atoms with Gasteiger partial charge >= 0.3 is 0 Å². The van der Waals surface area contributed by atoms with Crippen molar-refractivity contribution in [3.05, 3.63) is 108 Å². The van der Waals surface area contributed by atoms with Gasteiger partial charge in [-0.3, -0.25) is 0 Å². The number of thiophene rings is 1. The van der Waals surface area contributed by atoms with Crippen LogP contribution >= 0.6 is 11.3 Å². The van der Waals surface area contributed by atoms with E-state index in [4.69, 9.17) is 4.98 Å². The summed E-state index contributed by atoms with van der Waals surface area (Å²) in [5.74, 6) is 0.238. The molecule has 0 amide bonds. The van der Waals surface area contributed by atoms with E-state index in [1.54, 1.807) is 6.07 Å². The molecule has 6 aromatic rings. The average Bonchev–Trinajstić information content (AvgIpc) is 3.30. The zero-order chi connectivity index (χ0) is 28.2. The minimum Gasteiger partial charge on any atom is -0.507 e. The predicted molar refractivity (Wildman–Crippen MR) is 172 cm³/mol. The highest BCUT2D eigenvalue weighted by Crippen LogP contribution is 2.44. The molecule has 1 N–H and O–H groups in total. The van der Waals surface area contributed by atoms with Gasteiger partial charge in [0.25, 0.3) is 0 Å². The van der Waals surface area contributed by atoms with Crippen molar-refractivity contribution in [3.8, 4) is 39.4 Å². The van der Waals surface area contributed by atoms with Gasteiger partial charge in [0.15, 0.2) is 0 Å². The maximum absolute atomic E-state index is 10.4. The molecule has 0 radical (unpaired) electrons. The Labute approximate surface area is 241 Å². The summed E-state index contributed by atoms with van der Waals surface area (Å²) in [6.07, 6.45) is 0. The summed E-state index contributed by atoms with van der Waals surface area (Å²) in [4.78, 5) is 4.94. The van der Waals surface area contributed by atoms with Crippen molar-refractivity contribution in [3.63, 3.8) is 0 Å². The van der Waals surface area contributed by atoms with E-state index in [1.165, 1.54) is 42.4 Å². The smallest absolute Gasteiger partial charge is 0.124 e. The van der Waals surface area contributed by atoms with E-state index in [0.717, 1.165) is 22.5 Å². The third-order valence-electron chi connectivity index (χ3n) is 7.70. The molecule has 40 heavy (non-hydrogen) atoms. The Morgan fingerprint density at radius 1 is 0.575 bits per heavy atom. The second kappa shape index (κ2) is 9.60. The molecule has 0 saturated heterocycles. The largest absolute Gasteiger partial charge is 0.507 e. The molecule has 6 rings (SSSR count). The van der Waals surface area contributed by atoms with Gasteiger partial charge < -0.3 is 5.11 Å². The number of rotatable bonds is 3. The second-order valence-electron chi connectivity index (χ2n) is 12.7. The molecule has 3 heteroatoms. The molecule has 2 aromatic heterocycles. The summed E-state index contributed by atoms with van der Waals surface area (Å²) in [5.41, 5.74) is 8.70. The second-order valence-corrected chi connectivity index (χ2v) is 13.8. The minimum absolute atomic E-state index is 0.0179. The zero-order valence-electron chi connectivity index (χ0n) is 24.0. The molecular weight excluding hydrogens is 506 g/mol. The lowest BCUT2D eigenvalue weighted by Gasteiger charge is -2.21. The van der Waals surface area contributed by atoms with Crippen molar-refractivity contribution in [1.82, 2.24) is 4.98 Å². The number of hydrogen-bond acceptors (Lipinski definition) is 3. The number of pyridine rings is 1. The molecule has 2 heterocycles. The highest BCUT2D eigenvalue weighted by Gasteiger charge is 2.21. The van der Waals surface area contributed by atoms with Crippen LogP contribution in [0.5, 0.6) is 5.75 Å². The van der Waals surface area contributed by atoms with Crippen LogP contribution in [-0.4, -0.2) is 10.1 Å². The molecule has 0 aliphatic heterocycles. The lowest BCUT2D eigenvalue weighted by atomic mass is 9.83. The van der Waals surface area contributed by atoms with Crippen LogP contribution in [0.1, 0.15) is 52.7 Å². The fraction of sp³-hybridized carbons (Fsp3) is 0.216. The van der Waals surface area contributed by atoms with Crippen molar-refractivity contribution >= 4 is 31.5 Å². The number of phenols is 1. The molecule has 2 nitrogen and oxygen atoms in total. The first-order valence-electron chi connectivity index (χ1n) is 13.9. The molecule has 0 spiro atoms.